The fourth-order valence-corrected chi connectivity index (χ4v) is 0.568. The Morgan fingerprint density at radius 3 is 2.70 bits per heavy atom. The number of aliphatic hydroxyl groups is 2. The molecule has 10 heavy (non-hydrogen) atoms. The largest absolute Gasteiger partial charge is 0.501 e. The highest BCUT2D eigenvalue weighted by molar-refractivity contribution is 7.80. The summed E-state index contributed by atoms with van der Waals surface area (Å²) in [6, 6.07) is -0.151. The van der Waals surface area contributed by atoms with Gasteiger partial charge >= 0.3 is 0 Å². The van der Waals surface area contributed by atoms with Gasteiger partial charge in [-0.1, -0.05) is 0 Å². The van der Waals surface area contributed by atoms with Crippen molar-refractivity contribution in [2.45, 2.75) is 19.4 Å². The number of aliphatic hydroxyl groups excluding tert-OH is 2. The molecule has 0 aromatic carbocycles. The van der Waals surface area contributed by atoms with E-state index in [9.17, 15) is 0 Å². The standard InChI is InChI=1S/C6H13NO2S/c1-5(6(9)10)7-3-2-4-8/h5,7-8H,2-4H2,1H3,(H,9,10). The molecule has 4 heteroatoms. The third kappa shape index (κ3) is 4.67. The molecule has 0 aliphatic heterocycles. The molecule has 1 unspecified atom stereocenters. The fourth-order valence-electron chi connectivity index (χ4n) is 0.485. The van der Waals surface area contributed by atoms with Crippen LogP contribution in [0.3, 0.4) is 0 Å². The predicted octanol–water partition coefficient (Wildman–Crippen LogP) is 0.232. The van der Waals surface area contributed by atoms with Crippen molar-refractivity contribution in [3.63, 3.8) is 0 Å². The summed E-state index contributed by atoms with van der Waals surface area (Å²) in [5.41, 5.74) is 0. The average Bonchev–Trinajstić information content (AvgIpc) is 1.88. The first-order valence-electron chi connectivity index (χ1n) is 3.25. The monoisotopic (exact) mass is 163 g/mol. The van der Waals surface area contributed by atoms with Crippen LogP contribution in [-0.2, 0) is 0 Å². The molecular formula is C6H13NO2S. The summed E-state index contributed by atoms with van der Waals surface area (Å²) in [6.07, 6.45) is 0.687. The van der Waals surface area contributed by atoms with Crippen LogP contribution in [-0.4, -0.2) is 34.5 Å². The molecule has 3 N–H and O–H groups in total. The second kappa shape index (κ2) is 5.58. The van der Waals surface area contributed by atoms with Gasteiger partial charge < -0.3 is 15.5 Å². The van der Waals surface area contributed by atoms with Gasteiger partial charge in [0.05, 0.1) is 6.04 Å². The summed E-state index contributed by atoms with van der Waals surface area (Å²) >= 11 is 4.50. The Morgan fingerprint density at radius 1 is 1.70 bits per heavy atom. The van der Waals surface area contributed by atoms with Crippen molar-refractivity contribution >= 4 is 17.3 Å². The van der Waals surface area contributed by atoms with Crippen LogP contribution in [0.5, 0.6) is 0 Å². The summed E-state index contributed by atoms with van der Waals surface area (Å²) in [6.45, 7) is 2.62. The lowest BCUT2D eigenvalue weighted by atomic mass is 10.3. The molecule has 0 aromatic rings. The van der Waals surface area contributed by atoms with Crippen molar-refractivity contribution in [1.82, 2.24) is 5.32 Å². The van der Waals surface area contributed by atoms with Gasteiger partial charge in [-0.15, -0.1) is 0 Å². The van der Waals surface area contributed by atoms with Gasteiger partial charge in [-0.2, -0.15) is 0 Å². The lowest BCUT2D eigenvalue weighted by Gasteiger charge is -2.09. The molecule has 0 rings (SSSR count). The van der Waals surface area contributed by atoms with Crippen LogP contribution in [0.2, 0.25) is 0 Å². The van der Waals surface area contributed by atoms with E-state index < -0.39 is 0 Å². The summed E-state index contributed by atoms with van der Waals surface area (Å²) in [5.74, 6) is 0. The number of thiocarbonyl (C=S) groups is 1. The second-order valence-corrected chi connectivity index (χ2v) is 2.51. The highest BCUT2D eigenvalue weighted by Gasteiger charge is 2.03. The van der Waals surface area contributed by atoms with Crippen LogP contribution in [0.15, 0.2) is 0 Å². The van der Waals surface area contributed by atoms with Crippen LogP contribution in [0.25, 0.3) is 0 Å². The maximum absolute atomic E-state index is 8.73. The first kappa shape index (κ1) is 9.81. The van der Waals surface area contributed by atoms with Gasteiger partial charge in [-0.25, -0.2) is 0 Å². The van der Waals surface area contributed by atoms with Crippen molar-refractivity contribution in [3.05, 3.63) is 0 Å². The van der Waals surface area contributed by atoms with Crippen LogP contribution in [0, 0.1) is 0 Å². The minimum absolute atomic E-state index is 0.0297. The Labute approximate surface area is 66.1 Å². The molecule has 1 atom stereocenters. The number of rotatable bonds is 5. The number of hydrogen-bond acceptors (Lipinski definition) is 3. The fraction of sp³-hybridized carbons (Fsp3) is 0.833. The molecule has 0 saturated heterocycles. The molecular weight excluding hydrogens is 150 g/mol. The highest BCUT2D eigenvalue weighted by Crippen LogP contribution is 1.84. The topological polar surface area (TPSA) is 52.5 Å². The summed E-state index contributed by atoms with van der Waals surface area (Å²) in [7, 11) is 0. The summed E-state index contributed by atoms with van der Waals surface area (Å²) in [5, 5.41) is 20.0. The molecule has 3 nitrogen and oxygen atoms in total. The molecule has 0 radical (unpaired) electrons. The van der Waals surface area contributed by atoms with Crippen molar-refractivity contribution in [2.24, 2.45) is 0 Å². The highest BCUT2D eigenvalue weighted by atomic mass is 32.1. The minimum atomic E-state index is -0.151. The average molecular weight is 163 g/mol. The van der Waals surface area contributed by atoms with Crippen molar-refractivity contribution in [3.8, 4) is 0 Å². The zero-order valence-electron chi connectivity index (χ0n) is 6.00. The second-order valence-electron chi connectivity index (χ2n) is 2.09. The summed E-state index contributed by atoms with van der Waals surface area (Å²) < 4.78 is 0. The first-order valence-corrected chi connectivity index (χ1v) is 3.66. The van der Waals surface area contributed by atoms with Crippen molar-refractivity contribution in [1.29, 1.82) is 0 Å². The number of hydrogen-bond donors (Lipinski definition) is 3. The van der Waals surface area contributed by atoms with Crippen LogP contribution >= 0.6 is 12.2 Å². The molecule has 0 spiro atoms. The smallest absolute Gasteiger partial charge is 0.173 e. The minimum Gasteiger partial charge on any atom is -0.501 e. The van der Waals surface area contributed by atoms with Crippen molar-refractivity contribution < 1.29 is 10.2 Å². The van der Waals surface area contributed by atoms with Crippen LogP contribution < -0.4 is 5.32 Å². The molecule has 0 aliphatic rings. The zero-order valence-corrected chi connectivity index (χ0v) is 6.82. The normalized spacial score (nSPS) is 13.0. The van der Waals surface area contributed by atoms with Gasteiger partial charge in [-0.3, -0.25) is 0 Å². The van der Waals surface area contributed by atoms with E-state index in [0.717, 1.165) is 0 Å². The molecule has 0 aliphatic carbocycles. The first-order chi connectivity index (χ1) is 4.68. The van der Waals surface area contributed by atoms with Crippen LogP contribution in [0.1, 0.15) is 13.3 Å². The summed E-state index contributed by atoms with van der Waals surface area (Å²) in [4.78, 5) is 0. The maximum Gasteiger partial charge on any atom is 0.173 e. The van der Waals surface area contributed by atoms with E-state index in [4.69, 9.17) is 10.2 Å². The van der Waals surface area contributed by atoms with Gasteiger partial charge in [-0.05, 0) is 32.1 Å². The van der Waals surface area contributed by atoms with Gasteiger partial charge in [0.2, 0.25) is 0 Å². The Bertz CT molecular complexity index is 108. The van der Waals surface area contributed by atoms with E-state index in [0.29, 0.717) is 13.0 Å². The van der Waals surface area contributed by atoms with Crippen LogP contribution in [0.4, 0.5) is 0 Å². The molecule has 0 aromatic heterocycles. The zero-order chi connectivity index (χ0) is 7.98. The third-order valence-electron chi connectivity index (χ3n) is 1.16. The molecule has 0 heterocycles. The molecule has 0 bridgehead atoms. The Hall–Kier alpha value is -0.190. The third-order valence-corrected chi connectivity index (χ3v) is 1.51. The van der Waals surface area contributed by atoms with E-state index in [1.165, 1.54) is 0 Å². The van der Waals surface area contributed by atoms with E-state index in [-0.39, 0.29) is 17.7 Å². The molecule has 0 amide bonds. The lowest BCUT2D eigenvalue weighted by molar-refractivity contribution is 0.285. The van der Waals surface area contributed by atoms with E-state index in [2.05, 4.69) is 17.5 Å². The maximum atomic E-state index is 8.73. The SMILES string of the molecule is CC(NCCCO)C(O)=S. The Balaban J connectivity index is 3.21. The van der Waals surface area contributed by atoms with E-state index >= 15 is 0 Å². The molecule has 60 valence electrons. The van der Waals surface area contributed by atoms with Gasteiger partial charge in [0, 0.05) is 6.61 Å². The molecule has 0 fully saturated rings. The van der Waals surface area contributed by atoms with Gasteiger partial charge in [0.15, 0.2) is 5.05 Å². The van der Waals surface area contributed by atoms with Gasteiger partial charge in [0.1, 0.15) is 0 Å². The van der Waals surface area contributed by atoms with E-state index in [1.54, 1.807) is 6.92 Å². The predicted molar refractivity (Wildman–Crippen MR) is 44.4 cm³/mol. The quantitative estimate of drug-likeness (QED) is 0.401. The molecule has 0 saturated carbocycles. The van der Waals surface area contributed by atoms with Gasteiger partial charge in [0.25, 0.3) is 0 Å². The number of nitrogens with one attached hydrogen (secondary N) is 1. The van der Waals surface area contributed by atoms with E-state index in [1.807, 2.05) is 0 Å². The lowest BCUT2D eigenvalue weighted by Crippen LogP contribution is -2.33. The Kier molecular flexibility index (Phi) is 5.48. The Morgan fingerprint density at radius 2 is 2.30 bits per heavy atom. The van der Waals surface area contributed by atoms with Crippen molar-refractivity contribution in [2.75, 3.05) is 13.2 Å².